The Labute approximate surface area is 133 Å². The SMILES string of the molecule is Nc1cc(Cl)c(OCc2ccn(C3CCCC3)n2)c(Cl)c1. The predicted octanol–water partition coefficient (Wildman–Crippen LogP) is 4.47. The zero-order chi connectivity index (χ0) is 14.8. The number of hydrogen-bond donors (Lipinski definition) is 1. The number of nitrogen functional groups attached to an aromatic ring is 1. The van der Waals surface area contributed by atoms with Crippen molar-refractivity contribution in [3.05, 3.63) is 40.1 Å². The van der Waals surface area contributed by atoms with E-state index in [0.717, 1.165) is 5.69 Å². The highest BCUT2D eigenvalue weighted by Crippen LogP contribution is 2.35. The molecule has 1 aromatic carbocycles. The number of aromatic nitrogens is 2. The Balaban J connectivity index is 1.68. The molecule has 1 aromatic heterocycles. The Morgan fingerprint density at radius 1 is 1.24 bits per heavy atom. The average Bonchev–Trinajstić information content (AvgIpc) is 3.08. The van der Waals surface area contributed by atoms with E-state index in [9.17, 15) is 0 Å². The van der Waals surface area contributed by atoms with Gasteiger partial charge in [0.25, 0.3) is 0 Å². The lowest BCUT2D eigenvalue weighted by Crippen LogP contribution is -2.06. The quantitative estimate of drug-likeness (QED) is 0.844. The van der Waals surface area contributed by atoms with Crippen LogP contribution in [0, 0.1) is 0 Å². The standard InChI is InChI=1S/C15H17Cl2N3O/c16-13-7-10(18)8-14(17)15(13)21-9-11-5-6-20(19-11)12-3-1-2-4-12/h5-8,12H,1-4,9,18H2. The molecular weight excluding hydrogens is 309 g/mol. The third kappa shape index (κ3) is 3.27. The van der Waals surface area contributed by atoms with Gasteiger partial charge < -0.3 is 10.5 Å². The van der Waals surface area contributed by atoms with E-state index in [1.165, 1.54) is 25.7 Å². The first kappa shape index (κ1) is 14.5. The maximum Gasteiger partial charge on any atom is 0.157 e. The Kier molecular flexibility index (Phi) is 4.27. The van der Waals surface area contributed by atoms with Gasteiger partial charge in [-0.25, -0.2) is 0 Å². The van der Waals surface area contributed by atoms with Crippen LogP contribution in [0.1, 0.15) is 37.4 Å². The Bertz CT molecular complexity index is 613. The van der Waals surface area contributed by atoms with Crippen molar-refractivity contribution < 1.29 is 4.74 Å². The van der Waals surface area contributed by atoms with Crippen molar-refractivity contribution in [3.63, 3.8) is 0 Å². The summed E-state index contributed by atoms with van der Waals surface area (Å²) in [6.07, 6.45) is 7.00. The van der Waals surface area contributed by atoms with Gasteiger partial charge in [0.1, 0.15) is 6.61 Å². The maximum absolute atomic E-state index is 6.09. The Hall–Kier alpha value is -1.39. The van der Waals surface area contributed by atoms with E-state index in [1.807, 2.05) is 16.9 Å². The molecule has 0 radical (unpaired) electrons. The van der Waals surface area contributed by atoms with Crippen LogP contribution in [0.25, 0.3) is 0 Å². The number of hydrogen-bond acceptors (Lipinski definition) is 3. The fraction of sp³-hybridized carbons (Fsp3) is 0.400. The molecule has 3 rings (SSSR count). The topological polar surface area (TPSA) is 53.1 Å². The van der Waals surface area contributed by atoms with E-state index in [-0.39, 0.29) is 0 Å². The summed E-state index contributed by atoms with van der Waals surface area (Å²) in [5, 5.41) is 5.39. The molecule has 0 unspecified atom stereocenters. The van der Waals surface area contributed by atoms with Crippen LogP contribution in [0.15, 0.2) is 24.4 Å². The van der Waals surface area contributed by atoms with Crippen molar-refractivity contribution in [2.75, 3.05) is 5.73 Å². The molecule has 1 saturated carbocycles. The van der Waals surface area contributed by atoms with E-state index in [2.05, 4.69) is 5.10 Å². The van der Waals surface area contributed by atoms with E-state index < -0.39 is 0 Å². The van der Waals surface area contributed by atoms with Crippen LogP contribution < -0.4 is 10.5 Å². The van der Waals surface area contributed by atoms with Gasteiger partial charge in [-0.2, -0.15) is 5.10 Å². The van der Waals surface area contributed by atoms with Gasteiger partial charge in [-0.15, -0.1) is 0 Å². The van der Waals surface area contributed by atoms with Crippen molar-refractivity contribution in [2.24, 2.45) is 0 Å². The Morgan fingerprint density at radius 3 is 2.57 bits per heavy atom. The minimum atomic E-state index is 0.336. The van der Waals surface area contributed by atoms with Crippen LogP contribution >= 0.6 is 23.2 Å². The molecule has 112 valence electrons. The molecule has 1 aliphatic rings. The molecule has 1 aliphatic carbocycles. The smallest absolute Gasteiger partial charge is 0.157 e. The van der Waals surface area contributed by atoms with Crippen molar-refractivity contribution in [2.45, 2.75) is 38.3 Å². The Morgan fingerprint density at radius 2 is 1.90 bits per heavy atom. The number of halogens is 2. The molecule has 0 aliphatic heterocycles. The van der Waals surface area contributed by atoms with E-state index in [4.69, 9.17) is 33.7 Å². The summed E-state index contributed by atoms with van der Waals surface area (Å²) < 4.78 is 7.73. The zero-order valence-electron chi connectivity index (χ0n) is 11.6. The molecule has 4 nitrogen and oxygen atoms in total. The molecule has 0 bridgehead atoms. The molecule has 2 N–H and O–H groups in total. The third-order valence-electron chi connectivity index (χ3n) is 3.75. The lowest BCUT2D eigenvalue weighted by Gasteiger charge is -2.10. The van der Waals surface area contributed by atoms with Crippen molar-refractivity contribution in [1.82, 2.24) is 9.78 Å². The zero-order valence-corrected chi connectivity index (χ0v) is 13.1. The highest BCUT2D eigenvalue weighted by atomic mass is 35.5. The first-order chi connectivity index (χ1) is 10.1. The summed E-state index contributed by atoms with van der Waals surface area (Å²) in [4.78, 5) is 0. The molecule has 0 saturated heterocycles. The number of ether oxygens (including phenoxy) is 1. The molecule has 21 heavy (non-hydrogen) atoms. The van der Waals surface area contributed by atoms with E-state index in [1.54, 1.807) is 12.1 Å². The van der Waals surface area contributed by atoms with Gasteiger partial charge in [0.15, 0.2) is 5.75 Å². The lowest BCUT2D eigenvalue weighted by atomic mass is 10.3. The van der Waals surface area contributed by atoms with Crippen LogP contribution in [0.2, 0.25) is 10.0 Å². The molecule has 0 amide bonds. The normalized spacial score (nSPS) is 15.5. The number of rotatable bonds is 4. The molecular formula is C15H17Cl2N3O. The summed E-state index contributed by atoms with van der Waals surface area (Å²) in [6.45, 7) is 0.336. The lowest BCUT2D eigenvalue weighted by molar-refractivity contribution is 0.298. The second-order valence-corrected chi connectivity index (χ2v) is 6.14. The van der Waals surface area contributed by atoms with Crippen molar-refractivity contribution >= 4 is 28.9 Å². The number of benzene rings is 1. The van der Waals surface area contributed by atoms with Gasteiger partial charge in [-0.05, 0) is 31.0 Å². The first-order valence-corrected chi connectivity index (χ1v) is 7.80. The van der Waals surface area contributed by atoms with Crippen molar-refractivity contribution in [1.29, 1.82) is 0 Å². The molecule has 0 spiro atoms. The van der Waals surface area contributed by atoms with Crippen LogP contribution in [-0.2, 0) is 6.61 Å². The summed E-state index contributed by atoms with van der Waals surface area (Å²) in [6, 6.07) is 5.75. The van der Waals surface area contributed by atoms with Crippen LogP contribution in [-0.4, -0.2) is 9.78 Å². The van der Waals surface area contributed by atoms with Gasteiger partial charge in [0, 0.05) is 11.9 Å². The highest BCUT2D eigenvalue weighted by Gasteiger charge is 2.17. The van der Waals surface area contributed by atoms with Crippen LogP contribution in [0.5, 0.6) is 5.75 Å². The average molecular weight is 326 g/mol. The predicted molar refractivity (Wildman–Crippen MR) is 84.9 cm³/mol. The fourth-order valence-corrected chi connectivity index (χ4v) is 3.30. The van der Waals surface area contributed by atoms with Gasteiger partial charge in [-0.3, -0.25) is 4.68 Å². The monoisotopic (exact) mass is 325 g/mol. The summed E-state index contributed by atoms with van der Waals surface area (Å²) in [7, 11) is 0. The summed E-state index contributed by atoms with van der Waals surface area (Å²) in [5.74, 6) is 0.447. The van der Waals surface area contributed by atoms with Crippen LogP contribution in [0.3, 0.4) is 0 Å². The second-order valence-electron chi connectivity index (χ2n) is 5.33. The maximum atomic E-state index is 6.09. The van der Waals surface area contributed by atoms with Gasteiger partial charge in [0.05, 0.1) is 21.8 Å². The summed E-state index contributed by atoms with van der Waals surface area (Å²) in [5.41, 5.74) is 7.05. The minimum absolute atomic E-state index is 0.336. The number of nitrogens with two attached hydrogens (primary N) is 1. The molecule has 1 heterocycles. The van der Waals surface area contributed by atoms with E-state index >= 15 is 0 Å². The minimum Gasteiger partial charge on any atom is -0.484 e. The first-order valence-electron chi connectivity index (χ1n) is 7.05. The molecule has 6 heteroatoms. The highest BCUT2D eigenvalue weighted by molar-refractivity contribution is 6.37. The summed E-state index contributed by atoms with van der Waals surface area (Å²) >= 11 is 12.2. The van der Waals surface area contributed by atoms with Crippen molar-refractivity contribution in [3.8, 4) is 5.75 Å². The fourth-order valence-electron chi connectivity index (χ4n) is 2.69. The van der Waals surface area contributed by atoms with Gasteiger partial charge in [-0.1, -0.05) is 36.0 Å². The third-order valence-corrected chi connectivity index (χ3v) is 4.31. The largest absolute Gasteiger partial charge is 0.484 e. The molecule has 2 aromatic rings. The van der Waals surface area contributed by atoms with Gasteiger partial charge in [0.2, 0.25) is 0 Å². The number of anilines is 1. The second kappa shape index (κ2) is 6.16. The number of nitrogens with zero attached hydrogens (tertiary/aromatic N) is 2. The van der Waals surface area contributed by atoms with E-state index in [0.29, 0.717) is 34.1 Å². The van der Waals surface area contributed by atoms with Gasteiger partial charge >= 0.3 is 0 Å². The van der Waals surface area contributed by atoms with Crippen LogP contribution in [0.4, 0.5) is 5.69 Å². The molecule has 1 fully saturated rings. The molecule has 0 atom stereocenters.